The Morgan fingerprint density at radius 1 is 1.11 bits per heavy atom. The highest BCUT2D eigenvalue weighted by Gasteiger charge is 2.25. The van der Waals surface area contributed by atoms with Crippen molar-refractivity contribution in [1.82, 2.24) is 10.2 Å². The number of nitrogens with one attached hydrogen (secondary N) is 1. The number of hydrogen-bond donors (Lipinski definition) is 1. The van der Waals surface area contributed by atoms with E-state index in [1.165, 1.54) is 0 Å². The summed E-state index contributed by atoms with van der Waals surface area (Å²) in [6, 6.07) is 14.1. The zero-order valence-corrected chi connectivity index (χ0v) is 16.4. The van der Waals surface area contributed by atoms with Gasteiger partial charge in [0.25, 0.3) is 11.8 Å². The molecule has 6 nitrogen and oxygen atoms in total. The van der Waals surface area contributed by atoms with E-state index in [2.05, 4.69) is 5.32 Å². The van der Waals surface area contributed by atoms with E-state index in [0.29, 0.717) is 48.0 Å². The van der Waals surface area contributed by atoms with E-state index in [0.717, 1.165) is 0 Å². The number of methoxy groups -OCH3 is 1. The molecule has 0 unspecified atom stereocenters. The van der Waals surface area contributed by atoms with Gasteiger partial charge in [-0.15, -0.1) is 0 Å². The molecule has 2 aromatic rings. The van der Waals surface area contributed by atoms with Crippen LogP contribution in [0.2, 0.25) is 5.02 Å². The molecule has 1 fully saturated rings. The van der Waals surface area contributed by atoms with E-state index < -0.39 is 0 Å². The van der Waals surface area contributed by atoms with Crippen LogP contribution in [0.1, 0.15) is 23.2 Å². The second-order valence-corrected chi connectivity index (χ2v) is 7.01. The van der Waals surface area contributed by atoms with Crippen LogP contribution in [0.4, 0.5) is 0 Å². The third kappa shape index (κ3) is 5.16. The molecule has 0 spiro atoms. The average molecular weight is 403 g/mol. The summed E-state index contributed by atoms with van der Waals surface area (Å²) in [5.41, 5.74) is 0.514. The summed E-state index contributed by atoms with van der Waals surface area (Å²) >= 11 is 5.83. The Bertz CT molecular complexity index is 817. The van der Waals surface area contributed by atoms with Crippen LogP contribution >= 0.6 is 11.6 Å². The number of carbonyl (C=O) groups excluding carboxylic acids is 2. The quantitative estimate of drug-likeness (QED) is 0.806. The molecule has 2 amide bonds. The van der Waals surface area contributed by atoms with Crippen molar-refractivity contribution in [2.45, 2.75) is 18.9 Å². The molecule has 1 saturated heterocycles. The Hall–Kier alpha value is -2.73. The SMILES string of the molecule is COc1ccccc1C(=O)NC1CCN(C(=O)COc2ccc(Cl)cc2)CC1. The highest BCUT2D eigenvalue weighted by atomic mass is 35.5. The summed E-state index contributed by atoms with van der Waals surface area (Å²) in [6.45, 7) is 1.15. The van der Waals surface area contributed by atoms with Gasteiger partial charge in [-0.25, -0.2) is 0 Å². The normalized spacial score (nSPS) is 14.4. The van der Waals surface area contributed by atoms with E-state index in [1.807, 2.05) is 6.07 Å². The Balaban J connectivity index is 1.45. The molecule has 1 heterocycles. The number of amides is 2. The number of benzene rings is 2. The zero-order chi connectivity index (χ0) is 19.9. The van der Waals surface area contributed by atoms with Crippen molar-refractivity contribution >= 4 is 23.4 Å². The summed E-state index contributed by atoms with van der Waals surface area (Å²) in [7, 11) is 1.54. The fraction of sp³-hybridized carbons (Fsp3) is 0.333. The molecule has 148 valence electrons. The standard InChI is InChI=1S/C21H23ClN2O4/c1-27-19-5-3-2-4-18(19)21(26)23-16-10-12-24(13-11-16)20(25)14-28-17-8-6-15(22)7-9-17/h2-9,16H,10-14H2,1H3,(H,23,26). The Morgan fingerprint density at radius 2 is 1.79 bits per heavy atom. The van der Waals surface area contributed by atoms with E-state index in [9.17, 15) is 9.59 Å². The predicted molar refractivity (Wildman–Crippen MR) is 107 cm³/mol. The van der Waals surface area contributed by atoms with Gasteiger partial charge in [-0.2, -0.15) is 0 Å². The molecule has 0 aliphatic carbocycles. The van der Waals surface area contributed by atoms with Crippen LogP contribution in [0.15, 0.2) is 48.5 Å². The van der Waals surface area contributed by atoms with Gasteiger partial charge in [0.05, 0.1) is 12.7 Å². The number of rotatable bonds is 6. The van der Waals surface area contributed by atoms with Crippen LogP contribution in [0.25, 0.3) is 0 Å². The second-order valence-electron chi connectivity index (χ2n) is 6.57. The first-order chi connectivity index (χ1) is 13.6. The lowest BCUT2D eigenvalue weighted by Gasteiger charge is -2.32. The third-order valence-electron chi connectivity index (χ3n) is 4.71. The first kappa shape index (κ1) is 20.0. The smallest absolute Gasteiger partial charge is 0.260 e. The number of carbonyl (C=O) groups is 2. The highest BCUT2D eigenvalue weighted by molar-refractivity contribution is 6.30. The van der Waals surface area contributed by atoms with Gasteiger partial charge in [0.1, 0.15) is 11.5 Å². The van der Waals surface area contributed by atoms with Crippen molar-refractivity contribution in [1.29, 1.82) is 0 Å². The topological polar surface area (TPSA) is 67.9 Å². The maximum atomic E-state index is 12.5. The number of halogens is 1. The van der Waals surface area contributed by atoms with E-state index in [1.54, 1.807) is 54.5 Å². The van der Waals surface area contributed by atoms with Crippen LogP contribution in [0.5, 0.6) is 11.5 Å². The van der Waals surface area contributed by atoms with Gasteiger partial charge in [-0.05, 0) is 49.2 Å². The molecule has 0 radical (unpaired) electrons. The van der Waals surface area contributed by atoms with Gasteiger partial charge < -0.3 is 19.7 Å². The maximum Gasteiger partial charge on any atom is 0.260 e. The predicted octanol–water partition coefficient (Wildman–Crippen LogP) is 3.15. The van der Waals surface area contributed by atoms with Gasteiger partial charge in [0.2, 0.25) is 0 Å². The van der Waals surface area contributed by atoms with Gasteiger partial charge in [-0.1, -0.05) is 23.7 Å². The molecule has 3 rings (SSSR count). The number of para-hydroxylation sites is 1. The van der Waals surface area contributed by atoms with Crippen molar-refractivity contribution < 1.29 is 19.1 Å². The number of piperidine rings is 1. The number of hydrogen-bond acceptors (Lipinski definition) is 4. The summed E-state index contributed by atoms with van der Waals surface area (Å²) < 4.78 is 10.8. The van der Waals surface area contributed by atoms with Gasteiger partial charge in [0.15, 0.2) is 6.61 Å². The maximum absolute atomic E-state index is 12.5. The molecule has 1 aliphatic heterocycles. The number of likely N-dealkylation sites (tertiary alicyclic amines) is 1. The van der Waals surface area contributed by atoms with Gasteiger partial charge in [0, 0.05) is 24.2 Å². The van der Waals surface area contributed by atoms with E-state index in [4.69, 9.17) is 21.1 Å². The molecular formula is C21H23ClN2O4. The minimum absolute atomic E-state index is 0.0140. The van der Waals surface area contributed by atoms with Crippen LogP contribution in [-0.4, -0.2) is 49.6 Å². The first-order valence-corrected chi connectivity index (χ1v) is 9.54. The van der Waals surface area contributed by atoms with Crippen molar-refractivity contribution in [2.24, 2.45) is 0 Å². The number of nitrogens with zero attached hydrogens (tertiary/aromatic N) is 1. The van der Waals surface area contributed by atoms with Gasteiger partial charge in [-0.3, -0.25) is 9.59 Å². The zero-order valence-electron chi connectivity index (χ0n) is 15.7. The summed E-state index contributed by atoms with van der Waals surface area (Å²) in [5, 5.41) is 3.65. The van der Waals surface area contributed by atoms with E-state index >= 15 is 0 Å². The highest BCUT2D eigenvalue weighted by Crippen LogP contribution is 2.19. The molecule has 28 heavy (non-hydrogen) atoms. The molecule has 0 saturated carbocycles. The van der Waals surface area contributed by atoms with Crippen molar-refractivity contribution in [2.75, 3.05) is 26.8 Å². The van der Waals surface area contributed by atoms with E-state index in [-0.39, 0.29) is 24.5 Å². The molecule has 0 atom stereocenters. The van der Waals surface area contributed by atoms with Crippen LogP contribution < -0.4 is 14.8 Å². The van der Waals surface area contributed by atoms with Crippen LogP contribution in [0.3, 0.4) is 0 Å². The minimum atomic E-state index is -0.159. The Kier molecular flexibility index (Phi) is 6.76. The summed E-state index contributed by atoms with van der Waals surface area (Å²) in [5.74, 6) is 0.932. The average Bonchev–Trinajstić information content (AvgIpc) is 2.73. The number of ether oxygens (including phenoxy) is 2. The lowest BCUT2D eigenvalue weighted by atomic mass is 10.0. The minimum Gasteiger partial charge on any atom is -0.496 e. The lowest BCUT2D eigenvalue weighted by Crippen LogP contribution is -2.47. The summed E-state index contributed by atoms with van der Waals surface area (Å²) in [4.78, 5) is 26.6. The van der Waals surface area contributed by atoms with Crippen molar-refractivity contribution in [3.05, 3.63) is 59.1 Å². The lowest BCUT2D eigenvalue weighted by molar-refractivity contribution is -0.134. The molecule has 2 aromatic carbocycles. The molecular weight excluding hydrogens is 380 g/mol. The van der Waals surface area contributed by atoms with Crippen LogP contribution in [-0.2, 0) is 4.79 Å². The van der Waals surface area contributed by atoms with Crippen molar-refractivity contribution in [3.8, 4) is 11.5 Å². The second kappa shape index (κ2) is 9.46. The molecule has 0 bridgehead atoms. The molecule has 1 aliphatic rings. The Morgan fingerprint density at radius 3 is 2.46 bits per heavy atom. The summed E-state index contributed by atoms with van der Waals surface area (Å²) in [6.07, 6.45) is 1.40. The monoisotopic (exact) mass is 402 g/mol. The van der Waals surface area contributed by atoms with Crippen LogP contribution in [0, 0.1) is 0 Å². The van der Waals surface area contributed by atoms with Gasteiger partial charge >= 0.3 is 0 Å². The Labute approximate surface area is 169 Å². The fourth-order valence-electron chi connectivity index (χ4n) is 3.14. The fourth-order valence-corrected chi connectivity index (χ4v) is 3.26. The van der Waals surface area contributed by atoms with Crippen molar-refractivity contribution in [3.63, 3.8) is 0 Å². The third-order valence-corrected chi connectivity index (χ3v) is 4.96. The largest absolute Gasteiger partial charge is 0.496 e. The molecule has 7 heteroatoms. The molecule has 0 aromatic heterocycles. The first-order valence-electron chi connectivity index (χ1n) is 9.17. The molecule has 1 N–H and O–H groups in total.